The summed E-state index contributed by atoms with van der Waals surface area (Å²) in [5.41, 5.74) is 2.83. The Morgan fingerprint density at radius 2 is 1.65 bits per heavy atom. The molecule has 0 saturated heterocycles. The van der Waals surface area contributed by atoms with Crippen LogP contribution in [0.4, 0.5) is 17.1 Å². The summed E-state index contributed by atoms with van der Waals surface area (Å²) in [5, 5.41) is 0.668. The van der Waals surface area contributed by atoms with Gasteiger partial charge in [0.25, 0.3) is 0 Å². The molecular weight excluding hydrogens is 272 g/mol. The topological polar surface area (TPSA) is 23.6 Å². The van der Waals surface area contributed by atoms with E-state index in [0.717, 1.165) is 23.6 Å². The number of carbonyl (C=O) groups excluding carboxylic acids is 1. The van der Waals surface area contributed by atoms with E-state index >= 15 is 0 Å². The van der Waals surface area contributed by atoms with Crippen molar-refractivity contribution in [3.63, 3.8) is 0 Å². The zero-order valence-corrected chi connectivity index (χ0v) is 12.0. The highest BCUT2D eigenvalue weighted by atomic mass is 35.5. The Morgan fingerprint density at radius 3 is 2.35 bits per heavy atom. The molecule has 0 N–H and O–H groups in total. The van der Waals surface area contributed by atoms with Gasteiger partial charge >= 0.3 is 0 Å². The van der Waals surface area contributed by atoms with Gasteiger partial charge in [-0.15, -0.1) is 0 Å². The number of rotatable bonds is 1. The van der Waals surface area contributed by atoms with Gasteiger partial charge in [-0.1, -0.05) is 23.7 Å². The van der Waals surface area contributed by atoms with Crippen LogP contribution in [0.1, 0.15) is 6.42 Å². The van der Waals surface area contributed by atoms with Gasteiger partial charge in [0.1, 0.15) is 0 Å². The molecule has 1 aliphatic rings. The van der Waals surface area contributed by atoms with E-state index in [1.54, 1.807) is 17.0 Å². The maximum absolute atomic E-state index is 12.5. The summed E-state index contributed by atoms with van der Waals surface area (Å²) in [4.78, 5) is 16.4. The van der Waals surface area contributed by atoms with Crippen molar-refractivity contribution < 1.29 is 4.79 Å². The molecule has 3 rings (SSSR count). The fourth-order valence-electron chi connectivity index (χ4n) is 2.48. The lowest BCUT2D eigenvalue weighted by Gasteiger charge is -2.24. The van der Waals surface area contributed by atoms with Crippen LogP contribution in [0.25, 0.3) is 0 Å². The molecule has 0 spiro atoms. The van der Waals surface area contributed by atoms with E-state index in [2.05, 4.69) is 4.90 Å². The van der Waals surface area contributed by atoms with Crippen LogP contribution in [0, 0.1) is 0 Å². The second kappa shape index (κ2) is 5.17. The maximum Gasteiger partial charge on any atom is 0.233 e. The van der Waals surface area contributed by atoms with Gasteiger partial charge in [0.05, 0.1) is 11.4 Å². The van der Waals surface area contributed by atoms with Crippen LogP contribution in [-0.2, 0) is 4.79 Å². The van der Waals surface area contributed by atoms with Crippen molar-refractivity contribution in [2.75, 3.05) is 23.4 Å². The Morgan fingerprint density at radius 1 is 1.00 bits per heavy atom. The minimum atomic E-state index is 0.101. The lowest BCUT2D eigenvalue weighted by molar-refractivity contribution is -0.117. The zero-order chi connectivity index (χ0) is 14.1. The average molecular weight is 287 g/mol. The van der Waals surface area contributed by atoms with Gasteiger partial charge < -0.3 is 4.90 Å². The summed E-state index contributed by atoms with van der Waals surface area (Å²) < 4.78 is 0. The van der Waals surface area contributed by atoms with Crippen molar-refractivity contribution in [3.8, 4) is 0 Å². The molecule has 1 heterocycles. The molecule has 0 radical (unpaired) electrons. The highest BCUT2D eigenvalue weighted by Gasteiger charge is 2.25. The molecule has 3 nitrogen and oxygen atoms in total. The van der Waals surface area contributed by atoms with Crippen LogP contribution in [0.15, 0.2) is 48.5 Å². The highest BCUT2D eigenvalue weighted by molar-refractivity contribution is 6.30. The molecule has 0 fully saturated rings. The summed E-state index contributed by atoms with van der Waals surface area (Å²) in [6.45, 7) is 0.722. The SMILES string of the molecule is CN1CCC(=O)N(c2ccc(Cl)cc2)c2ccccc21. The number of para-hydroxylation sites is 2. The van der Waals surface area contributed by atoms with Crippen molar-refractivity contribution in [1.82, 2.24) is 0 Å². The Bertz CT molecular complexity index is 639. The summed E-state index contributed by atoms with van der Waals surface area (Å²) in [6.07, 6.45) is 0.494. The first-order valence-corrected chi connectivity index (χ1v) is 6.93. The van der Waals surface area contributed by atoms with Crippen molar-refractivity contribution in [3.05, 3.63) is 53.6 Å². The molecule has 0 bridgehead atoms. The Labute approximate surface area is 123 Å². The Balaban J connectivity index is 2.14. The molecular formula is C16H15ClN2O. The van der Waals surface area contributed by atoms with Crippen LogP contribution in [0.5, 0.6) is 0 Å². The van der Waals surface area contributed by atoms with Gasteiger partial charge in [-0.3, -0.25) is 9.69 Å². The number of carbonyl (C=O) groups is 1. The number of nitrogens with zero attached hydrogens (tertiary/aromatic N) is 2. The fourth-order valence-corrected chi connectivity index (χ4v) is 2.61. The van der Waals surface area contributed by atoms with Gasteiger partial charge in [0.2, 0.25) is 5.91 Å². The number of fused-ring (bicyclic) bond motifs is 1. The third-order valence-corrected chi connectivity index (χ3v) is 3.78. The summed E-state index contributed by atoms with van der Waals surface area (Å²) in [6, 6.07) is 15.3. The molecule has 2 aromatic carbocycles. The third-order valence-electron chi connectivity index (χ3n) is 3.53. The summed E-state index contributed by atoms with van der Waals surface area (Å²) in [5.74, 6) is 0.101. The fraction of sp³-hybridized carbons (Fsp3) is 0.188. The molecule has 0 aromatic heterocycles. The first-order valence-electron chi connectivity index (χ1n) is 6.55. The molecule has 1 amide bonds. The zero-order valence-electron chi connectivity index (χ0n) is 11.2. The number of amides is 1. The third kappa shape index (κ3) is 2.25. The van der Waals surface area contributed by atoms with Gasteiger partial charge in [-0.25, -0.2) is 0 Å². The quantitative estimate of drug-likeness (QED) is 0.795. The lowest BCUT2D eigenvalue weighted by atomic mass is 10.2. The van der Waals surface area contributed by atoms with E-state index in [9.17, 15) is 4.79 Å². The Hall–Kier alpha value is -2.00. The first kappa shape index (κ1) is 13.0. The van der Waals surface area contributed by atoms with E-state index in [0.29, 0.717) is 11.4 Å². The largest absolute Gasteiger partial charge is 0.372 e. The first-order chi connectivity index (χ1) is 9.66. The van der Waals surface area contributed by atoms with Gasteiger partial charge in [-0.2, -0.15) is 0 Å². The van der Waals surface area contributed by atoms with E-state index < -0.39 is 0 Å². The maximum atomic E-state index is 12.5. The molecule has 102 valence electrons. The van der Waals surface area contributed by atoms with E-state index in [-0.39, 0.29) is 5.91 Å². The van der Waals surface area contributed by atoms with Crippen molar-refractivity contribution in [1.29, 1.82) is 0 Å². The van der Waals surface area contributed by atoms with Crippen LogP contribution < -0.4 is 9.80 Å². The normalized spacial score (nSPS) is 15.0. The van der Waals surface area contributed by atoms with Crippen molar-refractivity contribution in [2.45, 2.75) is 6.42 Å². The molecule has 20 heavy (non-hydrogen) atoms. The van der Waals surface area contributed by atoms with Gasteiger partial charge in [-0.05, 0) is 36.4 Å². The van der Waals surface area contributed by atoms with Crippen LogP contribution in [-0.4, -0.2) is 19.5 Å². The molecule has 0 unspecified atom stereocenters. The number of hydrogen-bond donors (Lipinski definition) is 0. The molecule has 2 aromatic rings. The van der Waals surface area contributed by atoms with Gasteiger partial charge in [0.15, 0.2) is 0 Å². The highest BCUT2D eigenvalue weighted by Crippen LogP contribution is 2.36. The van der Waals surface area contributed by atoms with E-state index in [4.69, 9.17) is 11.6 Å². The summed E-state index contributed by atoms with van der Waals surface area (Å²) >= 11 is 5.93. The summed E-state index contributed by atoms with van der Waals surface area (Å²) in [7, 11) is 2.01. The van der Waals surface area contributed by atoms with Crippen molar-refractivity contribution in [2.24, 2.45) is 0 Å². The monoisotopic (exact) mass is 286 g/mol. The number of anilines is 3. The Kier molecular flexibility index (Phi) is 3.36. The van der Waals surface area contributed by atoms with Crippen LogP contribution in [0.2, 0.25) is 5.02 Å². The van der Waals surface area contributed by atoms with Crippen molar-refractivity contribution >= 4 is 34.6 Å². The number of benzene rings is 2. The molecule has 0 saturated carbocycles. The standard InChI is InChI=1S/C16H15ClN2O/c1-18-11-10-16(20)19(13-8-6-12(17)7-9-13)15-5-3-2-4-14(15)18/h2-9H,10-11H2,1H3. The molecule has 0 atom stereocenters. The molecule has 1 aliphatic heterocycles. The second-order valence-electron chi connectivity index (χ2n) is 4.87. The van der Waals surface area contributed by atoms with E-state index in [1.807, 2.05) is 43.4 Å². The minimum Gasteiger partial charge on any atom is -0.372 e. The van der Waals surface area contributed by atoms with Gasteiger partial charge in [0, 0.05) is 30.7 Å². The number of hydrogen-bond acceptors (Lipinski definition) is 2. The predicted octanol–water partition coefficient (Wildman–Crippen LogP) is 3.84. The lowest BCUT2D eigenvalue weighted by Crippen LogP contribution is -2.25. The number of halogens is 1. The smallest absolute Gasteiger partial charge is 0.233 e. The molecule has 0 aliphatic carbocycles. The minimum absolute atomic E-state index is 0.101. The van der Waals surface area contributed by atoms with Crippen LogP contribution in [0.3, 0.4) is 0 Å². The predicted molar refractivity (Wildman–Crippen MR) is 82.9 cm³/mol. The second-order valence-corrected chi connectivity index (χ2v) is 5.30. The molecule has 4 heteroatoms. The average Bonchev–Trinajstić information content (AvgIpc) is 2.59. The van der Waals surface area contributed by atoms with Crippen LogP contribution >= 0.6 is 11.6 Å². The van der Waals surface area contributed by atoms with E-state index in [1.165, 1.54) is 0 Å².